The van der Waals surface area contributed by atoms with Gasteiger partial charge in [0.05, 0.1) is 11.4 Å². The first-order valence-corrected chi connectivity index (χ1v) is 10.7. The zero-order valence-corrected chi connectivity index (χ0v) is 18.2. The second-order valence-corrected chi connectivity index (χ2v) is 7.81. The van der Waals surface area contributed by atoms with Crippen molar-refractivity contribution in [2.45, 2.75) is 46.0 Å². The van der Waals surface area contributed by atoms with E-state index in [4.69, 9.17) is 0 Å². The highest BCUT2D eigenvalue weighted by molar-refractivity contribution is 5.97. The lowest BCUT2D eigenvalue weighted by Crippen LogP contribution is -2.04. The Labute approximate surface area is 184 Å². The van der Waals surface area contributed by atoms with E-state index in [9.17, 15) is 9.59 Å². The fraction of sp³-hybridized carbons (Fsp3) is 0.259. The zero-order valence-electron chi connectivity index (χ0n) is 18.2. The molecule has 0 atom stereocenters. The van der Waals surface area contributed by atoms with Gasteiger partial charge in [0, 0.05) is 18.4 Å². The molecule has 31 heavy (non-hydrogen) atoms. The summed E-state index contributed by atoms with van der Waals surface area (Å²) in [4.78, 5) is 23.7. The largest absolute Gasteiger partial charge is 0.300 e. The van der Waals surface area contributed by atoms with Crippen molar-refractivity contribution in [3.05, 3.63) is 95.1 Å². The lowest BCUT2D eigenvalue weighted by atomic mass is 10.0. The Balaban J connectivity index is 1.56. The van der Waals surface area contributed by atoms with Crippen molar-refractivity contribution in [2.75, 3.05) is 0 Å². The minimum absolute atomic E-state index is 0.0481. The van der Waals surface area contributed by atoms with E-state index in [-0.39, 0.29) is 11.6 Å². The smallest absolute Gasteiger partial charge is 0.167 e. The van der Waals surface area contributed by atoms with Crippen molar-refractivity contribution >= 4 is 22.9 Å². The fourth-order valence-corrected chi connectivity index (χ4v) is 3.29. The van der Waals surface area contributed by atoms with Gasteiger partial charge in [-0.25, -0.2) is 0 Å². The molecule has 4 nitrogen and oxygen atoms in total. The van der Waals surface area contributed by atoms with Crippen molar-refractivity contribution in [3.63, 3.8) is 0 Å². The van der Waals surface area contributed by atoms with E-state index in [0.717, 1.165) is 28.9 Å². The van der Waals surface area contributed by atoms with Gasteiger partial charge in [0.15, 0.2) is 5.78 Å². The summed E-state index contributed by atoms with van der Waals surface area (Å²) in [6, 6.07) is 23.0. The summed E-state index contributed by atoms with van der Waals surface area (Å²) in [5, 5.41) is 8.59. The number of hydrogen-bond donors (Lipinski definition) is 0. The Bertz CT molecular complexity index is 1030. The summed E-state index contributed by atoms with van der Waals surface area (Å²) in [6.07, 6.45) is 4.20. The number of nitrogens with zero attached hydrogens (tertiary/aromatic N) is 2. The standard InChI is InChI=1S/C27H28N2O2/c1-3-4-5-21-8-14-25(15-9-21)28-29-26-16-10-23(11-17-26)19-27(31)24-12-6-22(7-13-24)18-20(2)30/h6-17H,3-5,18-19H2,1-2H3. The van der Waals surface area contributed by atoms with Gasteiger partial charge < -0.3 is 0 Å². The van der Waals surface area contributed by atoms with Gasteiger partial charge in [-0.15, -0.1) is 0 Å². The minimum atomic E-state index is 0.0481. The van der Waals surface area contributed by atoms with E-state index in [1.54, 1.807) is 19.1 Å². The topological polar surface area (TPSA) is 58.9 Å². The van der Waals surface area contributed by atoms with Crippen LogP contribution < -0.4 is 0 Å². The molecule has 0 saturated heterocycles. The third-order valence-electron chi connectivity index (χ3n) is 5.07. The summed E-state index contributed by atoms with van der Waals surface area (Å²) in [5.41, 5.74) is 5.40. The molecular formula is C27H28N2O2. The number of rotatable bonds is 10. The highest BCUT2D eigenvalue weighted by Gasteiger charge is 2.08. The van der Waals surface area contributed by atoms with Crippen LogP contribution in [0.4, 0.5) is 11.4 Å². The number of aryl methyl sites for hydroxylation is 1. The molecule has 0 aliphatic heterocycles. The van der Waals surface area contributed by atoms with Crippen LogP contribution >= 0.6 is 0 Å². The quantitative estimate of drug-likeness (QED) is 0.266. The molecule has 0 spiro atoms. The lowest BCUT2D eigenvalue weighted by molar-refractivity contribution is -0.116. The van der Waals surface area contributed by atoms with Gasteiger partial charge in [0.1, 0.15) is 5.78 Å². The second kappa shape index (κ2) is 11.1. The molecule has 0 radical (unpaired) electrons. The fourth-order valence-electron chi connectivity index (χ4n) is 3.29. The van der Waals surface area contributed by atoms with Gasteiger partial charge in [-0.2, -0.15) is 10.2 Å². The number of benzene rings is 3. The molecular weight excluding hydrogens is 384 g/mol. The maximum atomic E-state index is 12.5. The molecule has 0 saturated carbocycles. The van der Waals surface area contributed by atoms with Crippen LogP contribution in [0.5, 0.6) is 0 Å². The highest BCUT2D eigenvalue weighted by atomic mass is 16.1. The number of hydrogen-bond acceptors (Lipinski definition) is 4. The van der Waals surface area contributed by atoms with Gasteiger partial charge in [-0.3, -0.25) is 9.59 Å². The third-order valence-corrected chi connectivity index (χ3v) is 5.07. The molecule has 3 aromatic carbocycles. The molecule has 0 aliphatic rings. The third kappa shape index (κ3) is 7.10. The maximum absolute atomic E-state index is 12.5. The Morgan fingerprint density at radius 1 is 0.677 bits per heavy atom. The minimum Gasteiger partial charge on any atom is -0.300 e. The van der Waals surface area contributed by atoms with Crippen molar-refractivity contribution in [3.8, 4) is 0 Å². The summed E-state index contributed by atoms with van der Waals surface area (Å²) >= 11 is 0. The Kier molecular flexibility index (Phi) is 7.99. The Morgan fingerprint density at radius 2 is 1.16 bits per heavy atom. The number of unbranched alkanes of at least 4 members (excludes halogenated alkanes) is 1. The molecule has 3 rings (SSSR count). The van der Waals surface area contributed by atoms with Crippen LogP contribution in [-0.2, 0) is 24.1 Å². The predicted octanol–water partition coefficient (Wildman–Crippen LogP) is 7.00. The average Bonchev–Trinajstić information content (AvgIpc) is 2.78. The van der Waals surface area contributed by atoms with E-state index in [2.05, 4.69) is 29.3 Å². The van der Waals surface area contributed by atoms with Gasteiger partial charge >= 0.3 is 0 Å². The van der Waals surface area contributed by atoms with E-state index in [0.29, 0.717) is 18.4 Å². The Hall–Kier alpha value is -3.40. The van der Waals surface area contributed by atoms with Crippen molar-refractivity contribution < 1.29 is 9.59 Å². The van der Waals surface area contributed by atoms with Gasteiger partial charge in [-0.05, 0) is 60.7 Å². The SMILES string of the molecule is CCCCc1ccc(N=Nc2ccc(CC(=O)c3ccc(CC(C)=O)cc3)cc2)cc1. The van der Waals surface area contributed by atoms with Gasteiger partial charge in [0.2, 0.25) is 0 Å². The van der Waals surface area contributed by atoms with Gasteiger partial charge in [-0.1, -0.05) is 61.9 Å². The molecule has 0 fully saturated rings. The van der Waals surface area contributed by atoms with Crippen molar-refractivity contribution in [2.24, 2.45) is 10.2 Å². The molecule has 0 bridgehead atoms. The number of Topliss-reactive ketones (excluding diaryl/α,β-unsaturated/α-hetero) is 2. The average molecular weight is 413 g/mol. The van der Waals surface area contributed by atoms with E-state index in [1.807, 2.05) is 48.5 Å². The van der Waals surface area contributed by atoms with Crippen LogP contribution in [0.1, 0.15) is 53.7 Å². The van der Waals surface area contributed by atoms with Crippen molar-refractivity contribution in [1.82, 2.24) is 0 Å². The first-order chi connectivity index (χ1) is 15.0. The second-order valence-electron chi connectivity index (χ2n) is 7.81. The first kappa shape index (κ1) is 22.3. The molecule has 158 valence electrons. The van der Waals surface area contributed by atoms with Crippen LogP contribution in [0.25, 0.3) is 0 Å². The number of azo groups is 1. The normalized spacial score (nSPS) is 11.0. The number of carbonyl (C=O) groups excluding carboxylic acids is 2. The lowest BCUT2D eigenvalue weighted by Gasteiger charge is -2.04. The zero-order chi connectivity index (χ0) is 22.1. The predicted molar refractivity (Wildman–Crippen MR) is 125 cm³/mol. The molecule has 0 unspecified atom stereocenters. The summed E-state index contributed by atoms with van der Waals surface area (Å²) in [5.74, 6) is 0.159. The van der Waals surface area contributed by atoms with E-state index >= 15 is 0 Å². The number of carbonyl (C=O) groups is 2. The van der Waals surface area contributed by atoms with Gasteiger partial charge in [0.25, 0.3) is 0 Å². The van der Waals surface area contributed by atoms with Crippen LogP contribution in [0, 0.1) is 0 Å². The van der Waals surface area contributed by atoms with E-state index < -0.39 is 0 Å². The molecule has 0 heterocycles. The molecule has 0 N–H and O–H groups in total. The van der Waals surface area contributed by atoms with Crippen LogP contribution in [0.2, 0.25) is 0 Å². The monoisotopic (exact) mass is 412 g/mol. The first-order valence-electron chi connectivity index (χ1n) is 10.7. The van der Waals surface area contributed by atoms with Crippen LogP contribution in [0.3, 0.4) is 0 Å². The molecule has 0 aromatic heterocycles. The summed E-state index contributed by atoms with van der Waals surface area (Å²) < 4.78 is 0. The Morgan fingerprint density at radius 3 is 1.68 bits per heavy atom. The summed E-state index contributed by atoms with van der Waals surface area (Å²) in [7, 11) is 0. The summed E-state index contributed by atoms with van der Waals surface area (Å²) in [6.45, 7) is 3.76. The van der Waals surface area contributed by atoms with Crippen molar-refractivity contribution in [1.29, 1.82) is 0 Å². The molecule has 0 amide bonds. The van der Waals surface area contributed by atoms with Crippen LogP contribution in [0.15, 0.2) is 83.0 Å². The molecule has 3 aromatic rings. The number of ketones is 2. The molecule has 0 aliphatic carbocycles. The maximum Gasteiger partial charge on any atom is 0.167 e. The molecule has 4 heteroatoms. The van der Waals surface area contributed by atoms with E-state index in [1.165, 1.54) is 18.4 Å². The van der Waals surface area contributed by atoms with Crippen LogP contribution in [-0.4, -0.2) is 11.6 Å². The highest BCUT2D eigenvalue weighted by Crippen LogP contribution is 2.20.